The van der Waals surface area contributed by atoms with Crippen LogP contribution in [-0.2, 0) is 0 Å². The summed E-state index contributed by atoms with van der Waals surface area (Å²) in [4.78, 5) is 3.24. The first-order valence-corrected chi connectivity index (χ1v) is 5.34. The SMILES string of the molecule is C1=c2cc[nH]c2=CCC1c1ccccc1. The van der Waals surface area contributed by atoms with E-state index in [1.807, 2.05) is 6.20 Å². The molecule has 0 spiro atoms. The number of aromatic amines is 1. The number of fused-ring (bicyclic) bond motifs is 1. The molecule has 1 unspecified atom stereocenters. The van der Waals surface area contributed by atoms with Crippen LogP contribution in [0.5, 0.6) is 0 Å². The summed E-state index contributed by atoms with van der Waals surface area (Å²) in [6, 6.07) is 12.8. The smallest absolute Gasteiger partial charge is 0.0410 e. The second kappa shape index (κ2) is 3.43. The van der Waals surface area contributed by atoms with Crippen LogP contribution in [0.2, 0.25) is 0 Å². The van der Waals surface area contributed by atoms with E-state index in [-0.39, 0.29) is 0 Å². The van der Waals surface area contributed by atoms with Crippen LogP contribution in [0.3, 0.4) is 0 Å². The number of hydrogen-bond acceptors (Lipinski definition) is 0. The van der Waals surface area contributed by atoms with Crippen LogP contribution in [0.15, 0.2) is 42.6 Å². The highest BCUT2D eigenvalue weighted by molar-refractivity contribution is 5.47. The van der Waals surface area contributed by atoms with Gasteiger partial charge in [-0.3, -0.25) is 0 Å². The van der Waals surface area contributed by atoms with Crippen LogP contribution in [-0.4, -0.2) is 4.98 Å². The maximum absolute atomic E-state index is 3.24. The quantitative estimate of drug-likeness (QED) is 0.713. The van der Waals surface area contributed by atoms with E-state index >= 15 is 0 Å². The number of nitrogens with one attached hydrogen (secondary N) is 1. The molecule has 0 amide bonds. The summed E-state index contributed by atoms with van der Waals surface area (Å²) in [6.07, 6.45) is 7.73. The van der Waals surface area contributed by atoms with Crippen molar-refractivity contribution in [3.05, 3.63) is 58.7 Å². The topological polar surface area (TPSA) is 15.8 Å². The zero-order chi connectivity index (χ0) is 10.1. The number of benzene rings is 1. The summed E-state index contributed by atoms with van der Waals surface area (Å²) < 4.78 is 0. The van der Waals surface area contributed by atoms with Crippen molar-refractivity contribution in [2.24, 2.45) is 0 Å². The van der Waals surface area contributed by atoms with Gasteiger partial charge in [0.2, 0.25) is 0 Å². The Labute approximate surface area is 88.8 Å². The minimum Gasteiger partial charge on any atom is -0.361 e. The van der Waals surface area contributed by atoms with E-state index in [1.54, 1.807) is 0 Å². The summed E-state index contributed by atoms with van der Waals surface area (Å²) in [5.74, 6) is 0.537. The van der Waals surface area contributed by atoms with Gasteiger partial charge in [0.05, 0.1) is 0 Å². The van der Waals surface area contributed by atoms with Crippen molar-refractivity contribution in [3.8, 4) is 0 Å². The Hall–Kier alpha value is -1.76. The van der Waals surface area contributed by atoms with Crippen LogP contribution < -0.4 is 10.6 Å². The first kappa shape index (κ1) is 8.54. The molecule has 3 rings (SSSR count). The van der Waals surface area contributed by atoms with Crippen molar-refractivity contribution in [2.45, 2.75) is 12.3 Å². The van der Waals surface area contributed by atoms with Crippen molar-refractivity contribution >= 4 is 12.2 Å². The van der Waals surface area contributed by atoms with Crippen LogP contribution >= 0.6 is 0 Å². The lowest BCUT2D eigenvalue weighted by atomic mass is 9.92. The predicted molar refractivity (Wildman–Crippen MR) is 62.8 cm³/mol. The van der Waals surface area contributed by atoms with Crippen molar-refractivity contribution in [2.75, 3.05) is 0 Å². The molecular weight excluding hydrogens is 182 g/mol. The molecule has 0 bridgehead atoms. The number of H-pyrrole nitrogens is 1. The van der Waals surface area contributed by atoms with Crippen LogP contribution in [0.4, 0.5) is 0 Å². The summed E-state index contributed by atoms with van der Waals surface area (Å²) in [7, 11) is 0. The molecule has 0 fully saturated rings. The van der Waals surface area contributed by atoms with Gasteiger partial charge in [-0.25, -0.2) is 0 Å². The Kier molecular flexibility index (Phi) is 1.95. The molecule has 1 aromatic carbocycles. The van der Waals surface area contributed by atoms with Gasteiger partial charge in [-0.15, -0.1) is 0 Å². The maximum atomic E-state index is 3.24. The molecule has 15 heavy (non-hydrogen) atoms. The lowest BCUT2D eigenvalue weighted by Gasteiger charge is -2.12. The van der Waals surface area contributed by atoms with Gasteiger partial charge in [-0.1, -0.05) is 42.5 Å². The lowest BCUT2D eigenvalue weighted by molar-refractivity contribution is 0.917. The summed E-state index contributed by atoms with van der Waals surface area (Å²) in [5.41, 5.74) is 1.40. The van der Waals surface area contributed by atoms with Gasteiger partial charge in [0.15, 0.2) is 0 Å². The van der Waals surface area contributed by atoms with Gasteiger partial charge in [0.1, 0.15) is 0 Å². The minimum absolute atomic E-state index is 0.537. The van der Waals surface area contributed by atoms with E-state index in [1.165, 1.54) is 16.1 Å². The average molecular weight is 195 g/mol. The van der Waals surface area contributed by atoms with Gasteiger partial charge >= 0.3 is 0 Å². The Bertz CT molecular complexity index is 563. The van der Waals surface area contributed by atoms with Gasteiger partial charge < -0.3 is 4.98 Å². The van der Waals surface area contributed by atoms with Crippen LogP contribution in [0.25, 0.3) is 12.2 Å². The number of aromatic nitrogens is 1. The molecule has 1 heteroatoms. The molecule has 0 saturated heterocycles. The van der Waals surface area contributed by atoms with Gasteiger partial charge in [-0.05, 0) is 23.3 Å². The fourth-order valence-electron chi connectivity index (χ4n) is 2.18. The molecule has 1 aromatic heterocycles. The Balaban J connectivity index is 2.06. The van der Waals surface area contributed by atoms with Crippen molar-refractivity contribution in [1.82, 2.24) is 4.98 Å². The van der Waals surface area contributed by atoms with E-state index in [4.69, 9.17) is 0 Å². The van der Waals surface area contributed by atoms with Crippen LogP contribution in [0.1, 0.15) is 17.9 Å². The normalized spacial score (nSPS) is 18.8. The van der Waals surface area contributed by atoms with Gasteiger partial charge in [0, 0.05) is 17.5 Å². The molecule has 1 N–H and O–H groups in total. The van der Waals surface area contributed by atoms with Crippen molar-refractivity contribution < 1.29 is 0 Å². The van der Waals surface area contributed by atoms with E-state index < -0.39 is 0 Å². The first-order chi connectivity index (χ1) is 7.43. The van der Waals surface area contributed by atoms with Gasteiger partial charge in [0.25, 0.3) is 0 Å². The monoisotopic (exact) mass is 195 g/mol. The van der Waals surface area contributed by atoms with Gasteiger partial charge in [-0.2, -0.15) is 0 Å². The number of hydrogen-bond donors (Lipinski definition) is 1. The third-order valence-electron chi connectivity index (χ3n) is 3.00. The predicted octanol–water partition coefficient (Wildman–Crippen LogP) is 1.76. The highest BCUT2D eigenvalue weighted by Crippen LogP contribution is 2.22. The van der Waals surface area contributed by atoms with E-state index in [0.29, 0.717) is 5.92 Å². The zero-order valence-corrected chi connectivity index (χ0v) is 8.48. The molecule has 1 nitrogen and oxygen atoms in total. The second-order valence-corrected chi connectivity index (χ2v) is 3.97. The van der Waals surface area contributed by atoms with Crippen molar-refractivity contribution in [3.63, 3.8) is 0 Å². The van der Waals surface area contributed by atoms with E-state index in [9.17, 15) is 0 Å². The molecule has 0 radical (unpaired) electrons. The second-order valence-electron chi connectivity index (χ2n) is 3.97. The van der Waals surface area contributed by atoms with E-state index in [0.717, 1.165) is 6.42 Å². The molecule has 0 saturated carbocycles. The maximum Gasteiger partial charge on any atom is 0.0410 e. The summed E-state index contributed by atoms with van der Waals surface area (Å²) >= 11 is 0. The lowest BCUT2D eigenvalue weighted by Crippen LogP contribution is -2.26. The molecular formula is C14H13N. The molecule has 74 valence electrons. The minimum atomic E-state index is 0.537. The molecule has 0 aliphatic heterocycles. The van der Waals surface area contributed by atoms with E-state index in [2.05, 4.69) is 53.5 Å². The van der Waals surface area contributed by atoms with Crippen molar-refractivity contribution in [1.29, 1.82) is 0 Å². The summed E-state index contributed by atoms with van der Waals surface area (Å²) in [5, 5.41) is 2.59. The fourth-order valence-corrected chi connectivity index (χ4v) is 2.18. The third-order valence-corrected chi connectivity index (χ3v) is 3.00. The average Bonchev–Trinajstić information content (AvgIpc) is 2.77. The molecule has 2 aromatic rings. The molecule has 1 aliphatic rings. The Morgan fingerprint density at radius 3 is 2.80 bits per heavy atom. The Morgan fingerprint density at radius 2 is 1.93 bits per heavy atom. The molecule has 1 atom stereocenters. The summed E-state index contributed by atoms with van der Waals surface area (Å²) in [6.45, 7) is 0. The largest absolute Gasteiger partial charge is 0.361 e. The Morgan fingerprint density at radius 1 is 1.07 bits per heavy atom. The fraction of sp³-hybridized carbons (Fsp3) is 0.143. The number of rotatable bonds is 1. The van der Waals surface area contributed by atoms with Crippen LogP contribution in [0, 0.1) is 0 Å². The first-order valence-electron chi connectivity index (χ1n) is 5.34. The zero-order valence-electron chi connectivity index (χ0n) is 8.48. The highest BCUT2D eigenvalue weighted by Gasteiger charge is 2.09. The molecule has 1 aliphatic carbocycles. The highest BCUT2D eigenvalue weighted by atomic mass is 14.6. The third kappa shape index (κ3) is 1.50. The molecule has 1 heterocycles. The standard InChI is InChI=1S/C14H13N/c1-2-4-11(5-3-1)12-6-7-14-13(10-12)8-9-15-14/h1-5,7-10,12,15H,6H2.